The molecule has 0 unspecified atom stereocenters. The molecule has 0 spiro atoms. The van der Waals surface area contributed by atoms with Crippen LogP contribution in [0.2, 0.25) is 5.02 Å². The molecule has 7 heteroatoms. The molecule has 1 amide bonds. The second-order valence-electron chi connectivity index (χ2n) is 6.69. The molecule has 0 aliphatic heterocycles. The summed E-state index contributed by atoms with van der Waals surface area (Å²) >= 11 is 5.81. The number of carbonyl (C=O) groups is 1. The molecule has 0 saturated heterocycles. The maximum Gasteiger partial charge on any atom is 0.243 e. The maximum atomic E-state index is 12.8. The lowest BCUT2D eigenvalue weighted by Gasteiger charge is -2.30. The van der Waals surface area contributed by atoms with Crippen molar-refractivity contribution >= 4 is 27.5 Å². The Morgan fingerprint density at radius 3 is 2.17 bits per heavy atom. The van der Waals surface area contributed by atoms with Crippen LogP contribution in [-0.2, 0) is 14.8 Å². The number of benzene rings is 1. The molecular weight excluding hydrogens is 348 g/mol. The average molecular weight is 371 g/mol. The number of likely N-dealkylation sites (N-methyl/N-ethyl adjacent to an activating group) is 1. The molecule has 24 heavy (non-hydrogen) atoms. The quantitative estimate of drug-likeness (QED) is 0.773. The third kappa shape index (κ3) is 3.76. The summed E-state index contributed by atoms with van der Waals surface area (Å²) in [5.41, 5.74) is 0. The predicted molar refractivity (Wildman–Crippen MR) is 93.4 cm³/mol. The number of sulfonamides is 1. The lowest BCUT2D eigenvalue weighted by atomic mass is 10.2. The summed E-state index contributed by atoms with van der Waals surface area (Å²) in [6, 6.07) is 6.62. The van der Waals surface area contributed by atoms with Crippen LogP contribution < -0.4 is 0 Å². The van der Waals surface area contributed by atoms with Gasteiger partial charge in [0.15, 0.2) is 0 Å². The van der Waals surface area contributed by atoms with Crippen LogP contribution in [0.4, 0.5) is 0 Å². The highest BCUT2D eigenvalue weighted by atomic mass is 35.5. The monoisotopic (exact) mass is 370 g/mol. The van der Waals surface area contributed by atoms with Crippen molar-refractivity contribution in [3.05, 3.63) is 29.3 Å². The molecule has 0 aromatic heterocycles. The van der Waals surface area contributed by atoms with E-state index in [0.29, 0.717) is 11.1 Å². The van der Waals surface area contributed by atoms with E-state index in [4.69, 9.17) is 11.6 Å². The molecule has 3 rings (SSSR count). The van der Waals surface area contributed by atoms with Gasteiger partial charge in [0.2, 0.25) is 15.9 Å². The van der Waals surface area contributed by atoms with Crippen molar-refractivity contribution in [2.75, 3.05) is 13.6 Å². The van der Waals surface area contributed by atoms with Crippen LogP contribution in [-0.4, -0.2) is 49.2 Å². The number of rotatable bonds is 6. The van der Waals surface area contributed by atoms with Crippen molar-refractivity contribution in [1.29, 1.82) is 0 Å². The normalized spacial score (nSPS) is 19.0. The zero-order valence-electron chi connectivity index (χ0n) is 13.8. The Bertz CT molecular complexity index is 695. The van der Waals surface area contributed by atoms with Crippen molar-refractivity contribution in [3.8, 4) is 0 Å². The van der Waals surface area contributed by atoms with Gasteiger partial charge in [0.1, 0.15) is 0 Å². The van der Waals surface area contributed by atoms with Gasteiger partial charge in [0.05, 0.1) is 11.4 Å². The van der Waals surface area contributed by atoms with Crippen LogP contribution in [0.25, 0.3) is 0 Å². The number of amides is 1. The SMILES string of the molecule is CN(CC(=O)N(C1CCCC1)C1CC1)S(=O)(=O)c1ccc(Cl)cc1. The molecule has 132 valence electrons. The highest BCUT2D eigenvalue weighted by molar-refractivity contribution is 7.89. The topological polar surface area (TPSA) is 57.7 Å². The summed E-state index contributed by atoms with van der Waals surface area (Å²) in [6.45, 7) is -0.113. The van der Waals surface area contributed by atoms with Crippen LogP contribution in [0.15, 0.2) is 29.2 Å². The highest BCUT2D eigenvalue weighted by Crippen LogP contribution is 2.34. The number of halogens is 1. The number of nitrogens with zero attached hydrogens (tertiary/aromatic N) is 2. The van der Waals surface area contributed by atoms with Crippen molar-refractivity contribution < 1.29 is 13.2 Å². The van der Waals surface area contributed by atoms with Crippen LogP contribution in [0.1, 0.15) is 38.5 Å². The molecule has 2 aliphatic rings. The molecular formula is C17H23ClN2O3S. The van der Waals surface area contributed by atoms with Crippen molar-refractivity contribution in [3.63, 3.8) is 0 Å². The molecule has 2 fully saturated rings. The zero-order chi connectivity index (χ0) is 17.3. The molecule has 1 aromatic rings. The Morgan fingerprint density at radius 2 is 1.62 bits per heavy atom. The minimum atomic E-state index is -3.69. The van der Waals surface area contributed by atoms with E-state index in [0.717, 1.165) is 42.8 Å². The predicted octanol–water partition coefficient (Wildman–Crippen LogP) is 2.89. The molecule has 0 radical (unpaired) electrons. The second kappa shape index (κ2) is 7.02. The van der Waals surface area contributed by atoms with E-state index >= 15 is 0 Å². The fraction of sp³-hybridized carbons (Fsp3) is 0.588. The van der Waals surface area contributed by atoms with Crippen LogP contribution in [0.3, 0.4) is 0 Å². The Labute approximate surface area is 148 Å². The second-order valence-corrected chi connectivity index (χ2v) is 9.17. The number of carbonyl (C=O) groups excluding carboxylic acids is 1. The molecule has 0 bridgehead atoms. The Balaban J connectivity index is 1.71. The van der Waals surface area contributed by atoms with E-state index in [1.165, 1.54) is 19.2 Å². The molecule has 0 atom stereocenters. The van der Waals surface area contributed by atoms with Gasteiger partial charge in [-0.1, -0.05) is 24.4 Å². The smallest absolute Gasteiger partial charge is 0.243 e. The summed E-state index contributed by atoms with van der Waals surface area (Å²) < 4.78 is 26.4. The van der Waals surface area contributed by atoms with Gasteiger partial charge in [-0.15, -0.1) is 0 Å². The van der Waals surface area contributed by atoms with Crippen LogP contribution >= 0.6 is 11.6 Å². The van der Waals surface area contributed by atoms with Crippen molar-refractivity contribution in [1.82, 2.24) is 9.21 Å². The largest absolute Gasteiger partial charge is 0.336 e. The van der Waals surface area contributed by atoms with Gasteiger partial charge < -0.3 is 4.90 Å². The van der Waals surface area contributed by atoms with Gasteiger partial charge in [-0.05, 0) is 49.9 Å². The Morgan fingerprint density at radius 1 is 1.08 bits per heavy atom. The summed E-state index contributed by atoms with van der Waals surface area (Å²) in [4.78, 5) is 14.9. The number of hydrogen-bond acceptors (Lipinski definition) is 3. The first-order chi connectivity index (χ1) is 11.4. The molecule has 2 saturated carbocycles. The third-order valence-electron chi connectivity index (χ3n) is 4.83. The van der Waals surface area contributed by atoms with Crippen LogP contribution in [0, 0.1) is 0 Å². The number of hydrogen-bond donors (Lipinski definition) is 0. The average Bonchev–Trinajstić information content (AvgIpc) is 3.21. The van der Waals surface area contributed by atoms with E-state index in [-0.39, 0.29) is 23.4 Å². The van der Waals surface area contributed by atoms with E-state index in [9.17, 15) is 13.2 Å². The fourth-order valence-corrected chi connectivity index (χ4v) is 4.63. The molecule has 1 aromatic carbocycles. The minimum absolute atomic E-state index is 0.0792. The van der Waals surface area contributed by atoms with Gasteiger partial charge in [0.25, 0.3) is 0 Å². The standard InChI is InChI=1S/C17H23ClN2O3S/c1-19(24(22,23)16-10-6-13(18)7-11-16)12-17(21)20(15-8-9-15)14-4-2-3-5-14/h6-7,10-11,14-15H,2-5,8-9,12H2,1H3. The Kier molecular flexibility index (Phi) is 5.18. The third-order valence-corrected chi connectivity index (χ3v) is 6.90. The van der Waals surface area contributed by atoms with E-state index in [2.05, 4.69) is 0 Å². The Hall–Kier alpha value is -1.11. The summed E-state index contributed by atoms with van der Waals surface area (Å²) in [5, 5.41) is 0.480. The molecule has 5 nitrogen and oxygen atoms in total. The minimum Gasteiger partial charge on any atom is -0.336 e. The fourth-order valence-electron chi connectivity index (χ4n) is 3.38. The van der Waals surface area contributed by atoms with Crippen molar-refractivity contribution in [2.45, 2.75) is 55.5 Å². The van der Waals surface area contributed by atoms with Crippen LogP contribution in [0.5, 0.6) is 0 Å². The molecule has 0 N–H and O–H groups in total. The van der Waals surface area contributed by atoms with E-state index in [1.807, 2.05) is 4.90 Å². The van der Waals surface area contributed by atoms with Gasteiger partial charge >= 0.3 is 0 Å². The summed E-state index contributed by atoms with van der Waals surface area (Å²) in [6.07, 6.45) is 6.46. The zero-order valence-corrected chi connectivity index (χ0v) is 15.4. The lowest BCUT2D eigenvalue weighted by molar-refractivity contribution is -0.134. The van der Waals surface area contributed by atoms with Crippen molar-refractivity contribution in [2.24, 2.45) is 0 Å². The summed E-state index contributed by atoms with van der Waals surface area (Å²) in [5.74, 6) is -0.0792. The maximum absolute atomic E-state index is 12.8. The van der Waals surface area contributed by atoms with Gasteiger partial charge in [-0.2, -0.15) is 4.31 Å². The first-order valence-corrected chi connectivity index (χ1v) is 10.2. The molecule has 0 heterocycles. The first kappa shape index (κ1) is 17.7. The first-order valence-electron chi connectivity index (χ1n) is 8.42. The summed E-state index contributed by atoms with van der Waals surface area (Å²) in [7, 11) is -2.23. The van der Waals surface area contributed by atoms with E-state index in [1.54, 1.807) is 12.1 Å². The van der Waals surface area contributed by atoms with Gasteiger partial charge in [0, 0.05) is 24.2 Å². The molecule has 2 aliphatic carbocycles. The van der Waals surface area contributed by atoms with Gasteiger partial charge in [-0.3, -0.25) is 4.79 Å². The highest BCUT2D eigenvalue weighted by Gasteiger charge is 2.39. The van der Waals surface area contributed by atoms with E-state index < -0.39 is 10.0 Å². The lowest BCUT2D eigenvalue weighted by Crippen LogP contribution is -2.46. The van der Waals surface area contributed by atoms with Gasteiger partial charge in [-0.25, -0.2) is 8.42 Å².